The van der Waals surface area contributed by atoms with Gasteiger partial charge in [-0.25, -0.2) is 0 Å². The lowest BCUT2D eigenvalue weighted by molar-refractivity contribution is -0.148. The number of amides is 1. The predicted octanol–water partition coefficient (Wildman–Crippen LogP) is 2.29. The first-order valence-electron chi connectivity index (χ1n) is 6.95. The highest BCUT2D eigenvalue weighted by atomic mass is 31.1. The molecule has 20 heavy (non-hydrogen) atoms. The lowest BCUT2D eigenvalue weighted by Gasteiger charge is -2.27. The average Bonchev–Trinajstić information content (AvgIpc) is 2.37. The van der Waals surface area contributed by atoms with E-state index in [-0.39, 0.29) is 19.3 Å². The van der Waals surface area contributed by atoms with E-state index in [2.05, 4.69) is 6.92 Å². The van der Waals surface area contributed by atoms with Crippen LogP contribution < -0.4 is 5.73 Å². The van der Waals surface area contributed by atoms with E-state index in [1.54, 1.807) is 0 Å². The summed E-state index contributed by atoms with van der Waals surface area (Å²) in [7, 11) is -0.620. The molecule has 0 aliphatic heterocycles. The van der Waals surface area contributed by atoms with Crippen molar-refractivity contribution in [1.82, 2.24) is 0 Å². The van der Waals surface area contributed by atoms with E-state index in [4.69, 9.17) is 10.8 Å². The van der Waals surface area contributed by atoms with Crippen molar-refractivity contribution < 1.29 is 24.4 Å². The van der Waals surface area contributed by atoms with Crippen molar-refractivity contribution in [3.63, 3.8) is 0 Å². The smallest absolute Gasteiger partial charge is 0.310 e. The molecule has 0 aliphatic rings. The lowest BCUT2D eigenvalue weighted by atomic mass is 9.91. The van der Waals surface area contributed by atoms with Crippen molar-refractivity contribution in [2.75, 3.05) is 0 Å². The Kier molecular flexibility index (Phi) is 9.34. The Morgan fingerprint density at radius 2 is 1.85 bits per heavy atom. The number of primary amides is 1. The van der Waals surface area contributed by atoms with Gasteiger partial charge in [-0.05, 0) is 19.3 Å². The van der Waals surface area contributed by atoms with Gasteiger partial charge in [0, 0.05) is 6.42 Å². The van der Waals surface area contributed by atoms with Gasteiger partial charge >= 0.3 is 5.97 Å². The van der Waals surface area contributed by atoms with Crippen LogP contribution in [0.15, 0.2) is 0 Å². The van der Waals surface area contributed by atoms with Crippen LogP contribution in [0.3, 0.4) is 0 Å². The number of hydrogen-bond donors (Lipinski definition) is 3. The molecule has 2 atom stereocenters. The molecule has 0 fully saturated rings. The van der Waals surface area contributed by atoms with Crippen molar-refractivity contribution in [1.29, 1.82) is 0 Å². The number of aliphatic carboxylic acids is 1. The normalized spacial score (nSPS) is 15.7. The Labute approximate surface area is 120 Å². The Bertz CT molecular complexity index is 337. The number of carbonyl (C=O) groups excluding carboxylic acids is 1. The van der Waals surface area contributed by atoms with Gasteiger partial charge in [0.25, 0.3) is 0 Å². The second-order valence-electron chi connectivity index (χ2n) is 5.03. The summed E-state index contributed by atoms with van der Waals surface area (Å²) in [5.74, 6) is -3.14. The number of carbonyl (C=O) groups is 2. The summed E-state index contributed by atoms with van der Waals surface area (Å²) in [6.45, 7) is 2.08. The predicted molar refractivity (Wildman–Crippen MR) is 75.5 cm³/mol. The fourth-order valence-electron chi connectivity index (χ4n) is 2.11. The van der Waals surface area contributed by atoms with Crippen molar-refractivity contribution in [3.05, 3.63) is 0 Å². The van der Waals surface area contributed by atoms with Crippen molar-refractivity contribution in [3.8, 4) is 0 Å². The number of carboxylic acids is 1. The summed E-state index contributed by atoms with van der Waals surface area (Å²) in [6, 6.07) is 0. The van der Waals surface area contributed by atoms with E-state index in [1.807, 2.05) is 0 Å². The standard InChI is InChI=1S/C13H24NO5P/c1-2-3-4-5-6-9-13(18,20-19)10(12(16)17)7-8-11(14)15/h10,18H,2-9H2,1H3,(H2,14,15)(H,16,17). The molecule has 6 nitrogen and oxygen atoms in total. The van der Waals surface area contributed by atoms with Crippen molar-refractivity contribution >= 4 is 20.3 Å². The van der Waals surface area contributed by atoms with Crippen LogP contribution in [0.5, 0.6) is 0 Å². The van der Waals surface area contributed by atoms with Crippen molar-refractivity contribution in [2.45, 2.75) is 63.6 Å². The molecule has 2 unspecified atom stereocenters. The molecule has 0 rings (SSSR count). The molecule has 0 heterocycles. The highest BCUT2D eigenvalue weighted by molar-refractivity contribution is 7.25. The Balaban J connectivity index is 4.55. The molecule has 0 aromatic heterocycles. The van der Waals surface area contributed by atoms with Gasteiger partial charge in [0.15, 0.2) is 13.8 Å². The summed E-state index contributed by atoms with van der Waals surface area (Å²) in [5, 5.41) is 17.6. The largest absolute Gasteiger partial charge is 0.481 e. The van der Waals surface area contributed by atoms with Crippen LogP contribution in [0.2, 0.25) is 0 Å². The number of rotatable bonds is 12. The van der Waals surface area contributed by atoms with Gasteiger partial charge in [0.2, 0.25) is 5.91 Å². The third kappa shape index (κ3) is 6.96. The maximum absolute atomic E-state index is 11.2. The highest BCUT2D eigenvalue weighted by Crippen LogP contribution is 2.37. The van der Waals surface area contributed by atoms with Crippen LogP contribution in [0.1, 0.15) is 58.3 Å². The Morgan fingerprint density at radius 3 is 2.30 bits per heavy atom. The summed E-state index contributed by atoms with van der Waals surface area (Å²) in [4.78, 5) is 21.9. The quantitative estimate of drug-likeness (QED) is 0.377. The van der Waals surface area contributed by atoms with Gasteiger partial charge in [0.05, 0.1) is 5.92 Å². The Morgan fingerprint density at radius 1 is 1.25 bits per heavy atom. The summed E-state index contributed by atoms with van der Waals surface area (Å²) in [5.41, 5.74) is 4.99. The summed E-state index contributed by atoms with van der Waals surface area (Å²) >= 11 is 0. The van der Waals surface area contributed by atoms with E-state index >= 15 is 0 Å². The van der Waals surface area contributed by atoms with Crippen LogP contribution in [0.4, 0.5) is 0 Å². The van der Waals surface area contributed by atoms with Gasteiger partial charge in [-0.2, -0.15) is 0 Å². The molecule has 0 saturated carbocycles. The topological polar surface area (TPSA) is 118 Å². The Hall–Kier alpha value is -1.00. The van der Waals surface area contributed by atoms with Gasteiger partial charge in [-0.3, -0.25) is 14.2 Å². The zero-order valence-corrected chi connectivity index (χ0v) is 12.8. The van der Waals surface area contributed by atoms with Gasteiger partial charge < -0.3 is 15.9 Å². The second-order valence-corrected chi connectivity index (χ2v) is 5.99. The lowest BCUT2D eigenvalue weighted by Crippen LogP contribution is -2.38. The summed E-state index contributed by atoms with van der Waals surface area (Å²) in [6.07, 6.45) is 4.51. The van der Waals surface area contributed by atoms with Gasteiger partial charge in [0.1, 0.15) is 0 Å². The first-order valence-corrected chi connectivity index (χ1v) is 7.76. The number of aliphatic hydroxyl groups is 1. The zero-order chi connectivity index (χ0) is 15.6. The summed E-state index contributed by atoms with van der Waals surface area (Å²) < 4.78 is 11.2. The molecule has 0 aromatic carbocycles. The second kappa shape index (κ2) is 9.83. The van der Waals surface area contributed by atoms with Gasteiger partial charge in [-0.15, -0.1) is 0 Å². The van der Waals surface area contributed by atoms with E-state index in [0.29, 0.717) is 6.42 Å². The fourth-order valence-corrected chi connectivity index (χ4v) is 2.73. The zero-order valence-electron chi connectivity index (χ0n) is 11.9. The van der Waals surface area contributed by atoms with Crippen LogP contribution in [-0.4, -0.2) is 27.4 Å². The molecule has 116 valence electrons. The number of nitrogens with two attached hydrogens (primary N) is 1. The molecule has 0 spiro atoms. The molecule has 0 saturated heterocycles. The molecular formula is C13H24NO5P. The SMILES string of the molecule is CCCCCCCC(O)(P=O)C(CCC(N)=O)C(=O)O. The molecular weight excluding hydrogens is 281 g/mol. The minimum atomic E-state index is -1.83. The third-order valence-electron chi connectivity index (χ3n) is 3.34. The van der Waals surface area contributed by atoms with Crippen molar-refractivity contribution in [2.24, 2.45) is 11.7 Å². The molecule has 0 aliphatic carbocycles. The first kappa shape index (κ1) is 19.0. The average molecular weight is 305 g/mol. The highest BCUT2D eigenvalue weighted by Gasteiger charge is 2.42. The number of unbranched alkanes of at least 4 members (excludes halogenated alkanes) is 4. The molecule has 1 amide bonds. The van der Waals surface area contributed by atoms with Crippen LogP contribution in [0, 0.1) is 5.92 Å². The number of carboxylic acid groups (broad SMARTS) is 1. The monoisotopic (exact) mass is 305 g/mol. The van der Waals surface area contributed by atoms with Crippen LogP contribution in [-0.2, 0) is 14.2 Å². The van der Waals surface area contributed by atoms with Crippen LogP contribution >= 0.6 is 8.46 Å². The molecule has 4 N–H and O–H groups in total. The first-order chi connectivity index (χ1) is 9.37. The van der Waals surface area contributed by atoms with E-state index in [9.17, 15) is 19.3 Å². The molecule has 0 aromatic rings. The van der Waals surface area contributed by atoms with E-state index in [0.717, 1.165) is 25.7 Å². The molecule has 7 heteroatoms. The minimum Gasteiger partial charge on any atom is -0.481 e. The van der Waals surface area contributed by atoms with Crippen LogP contribution in [0.25, 0.3) is 0 Å². The van der Waals surface area contributed by atoms with E-state index in [1.165, 1.54) is 0 Å². The molecule has 0 radical (unpaired) electrons. The maximum Gasteiger partial charge on any atom is 0.310 e. The third-order valence-corrected chi connectivity index (χ3v) is 4.19. The van der Waals surface area contributed by atoms with E-state index < -0.39 is 31.6 Å². The maximum atomic E-state index is 11.2. The molecule has 0 bridgehead atoms. The number of hydrogen-bond acceptors (Lipinski definition) is 4. The minimum absolute atomic E-state index is 0.106. The fraction of sp³-hybridized carbons (Fsp3) is 0.846. The van der Waals surface area contributed by atoms with Gasteiger partial charge in [-0.1, -0.05) is 32.6 Å².